The van der Waals surface area contributed by atoms with Crippen molar-refractivity contribution < 1.29 is 12.8 Å². The predicted molar refractivity (Wildman–Crippen MR) is 81.4 cm³/mol. The van der Waals surface area contributed by atoms with E-state index in [-0.39, 0.29) is 5.69 Å². The molecule has 0 aromatic heterocycles. The average Bonchev–Trinajstić information content (AvgIpc) is 2.36. The van der Waals surface area contributed by atoms with Crippen LogP contribution in [-0.2, 0) is 10.2 Å². The Kier molecular flexibility index (Phi) is 4.71. The lowest BCUT2D eigenvalue weighted by molar-refractivity contribution is 0.289. The molecule has 0 unspecified atom stereocenters. The van der Waals surface area contributed by atoms with E-state index in [9.17, 15) is 12.8 Å². The molecule has 1 heterocycles. The van der Waals surface area contributed by atoms with Gasteiger partial charge in [0.2, 0.25) is 0 Å². The van der Waals surface area contributed by atoms with E-state index in [1.165, 1.54) is 10.4 Å². The van der Waals surface area contributed by atoms with E-state index in [1.54, 1.807) is 13.0 Å². The highest BCUT2D eigenvalue weighted by Crippen LogP contribution is 2.26. The fraction of sp³-hybridized carbons (Fsp3) is 0.538. The third kappa shape index (κ3) is 3.51. The van der Waals surface area contributed by atoms with Crippen LogP contribution in [0.25, 0.3) is 0 Å². The zero-order valence-corrected chi connectivity index (χ0v) is 13.9. The van der Waals surface area contributed by atoms with Crippen LogP contribution in [0.3, 0.4) is 0 Å². The van der Waals surface area contributed by atoms with Crippen LogP contribution < -0.4 is 4.72 Å². The monoisotopic (exact) mass is 364 g/mol. The highest BCUT2D eigenvalue weighted by Gasteiger charge is 2.26. The van der Waals surface area contributed by atoms with E-state index in [4.69, 9.17) is 0 Å². The van der Waals surface area contributed by atoms with Gasteiger partial charge in [0.1, 0.15) is 5.82 Å². The van der Waals surface area contributed by atoms with Gasteiger partial charge in [-0.15, -0.1) is 0 Å². The second-order valence-electron chi connectivity index (χ2n) is 5.27. The van der Waals surface area contributed by atoms with Gasteiger partial charge < -0.3 is 0 Å². The van der Waals surface area contributed by atoms with Crippen LogP contribution in [0.4, 0.5) is 10.1 Å². The number of benzene rings is 1. The molecule has 1 fully saturated rings. The summed E-state index contributed by atoms with van der Waals surface area (Å²) in [4.78, 5) is 0. The molecule has 0 spiro atoms. The standard InChI is InChI=1S/C13H18BrFN2O2S/c1-9-3-5-17(6-4-9)20(18,19)16-13-8-12(15)11(14)7-10(13)2/h7-9,16H,3-6H2,1-2H3. The van der Waals surface area contributed by atoms with Crippen LogP contribution in [0, 0.1) is 18.7 Å². The lowest BCUT2D eigenvalue weighted by Crippen LogP contribution is -2.41. The third-order valence-corrected chi connectivity index (χ3v) is 5.72. The Bertz CT molecular complexity index is 599. The van der Waals surface area contributed by atoms with Crippen molar-refractivity contribution in [2.75, 3.05) is 17.8 Å². The number of halogens is 2. The number of nitrogens with one attached hydrogen (secondary N) is 1. The van der Waals surface area contributed by atoms with Gasteiger partial charge >= 0.3 is 10.2 Å². The van der Waals surface area contributed by atoms with E-state index in [1.807, 2.05) is 0 Å². The van der Waals surface area contributed by atoms with Gasteiger partial charge in [0.25, 0.3) is 0 Å². The summed E-state index contributed by atoms with van der Waals surface area (Å²) in [6.07, 6.45) is 1.71. The first-order valence-electron chi connectivity index (χ1n) is 6.53. The van der Waals surface area contributed by atoms with Crippen molar-refractivity contribution >= 4 is 31.8 Å². The molecule has 0 saturated carbocycles. The molecule has 0 aliphatic carbocycles. The second kappa shape index (κ2) is 5.99. The molecule has 4 nitrogen and oxygen atoms in total. The molecule has 1 N–H and O–H groups in total. The van der Waals surface area contributed by atoms with Crippen molar-refractivity contribution in [2.24, 2.45) is 5.92 Å². The molecular weight excluding hydrogens is 347 g/mol. The molecule has 112 valence electrons. The van der Waals surface area contributed by atoms with Gasteiger partial charge in [0, 0.05) is 13.1 Å². The zero-order valence-electron chi connectivity index (χ0n) is 11.5. The van der Waals surface area contributed by atoms with E-state index < -0.39 is 16.0 Å². The van der Waals surface area contributed by atoms with Crippen molar-refractivity contribution in [3.63, 3.8) is 0 Å². The van der Waals surface area contributed by atoms with Gasteiger partial charge in [-0.2, -0.15) is 12.7 Å². The molecule has 0 amide bonds. The minimum Gasteiger partial charge on any atom is -0.271 e. The lowest BCUT2D eigenvalue weighted by Gasteiger charge is -2.29. The summed E-state index contributed by atoms with van der Waals surface area (Å²) in [6, 6.07) is 2.76. The normalized spacial score (nSPS) is 18.2. The minimum absolute atomic E-state index is 0.282. The van der Waals surface area contributed by atoms with Gasteiger partial charge in [0.05, 0.1) is 10.2 Å². The Morgan fingerprint density at radius 1 is 1.35 bits per heavy atom. The molecule has 2 rings (SSSR count). The molecule has 7 heteroatoms. The zero-order chi connectivity index (χ0) is 14.9. The summed E-state index contributed by atoms with van der Waals surface area (Å²) >= 11 is 3.08. The maximum Gasteiger partial charge on any atom is 0.301 e. The molecule has 1 aromatic carbocycles. The van der Waals surface area contributed by atoms with Crippen molar-refractivity contribution in [1.82, 2.24) is 4.31 Å². The van der Waals surface area contributed by atoms with Crippen LogP contribution >= 0.6 is 15.9 Å². The Hall–Kier alpha value is -0.660. The first kappa shape index (κ1) is 15.7. The summed E-state index contributed by atoms with van der Waals surface area (Å²) in [5, 5.41) is 0. The van der Waals surface area contributed by atoms with Crippen LogP contribution in [0.15, 0.2) is 16.6 Å². The molecule has 1 aromatic rings. The van der Waals surface area contributed by atoms with Gasteiger partial charge in [-0.05, 0) is 59.3 Å². The van der Waals surface area contributed by atoms with Crippen molar-refractivity contribution in [1.29, 1.82) is 0 Å². The number of nitrogens with zero attached hydrogens (tertiary/aromatic N) is 1. The van der Waals surface area contributed by atoms with E-state index in [0.29, 0.717) is 29.0 Å². The summed E-state index contributed by atoms with van der Waals surface area (Å²) in [5.74, 6) is 0.0638. The Morgan fingerprint density at radius 2 is 1.95 bits per heavy atom. The number of hydrogen-bond donors (Lipinski definition) is 1. The Morgan fingerprint density at radius 3 is 2.55 bits per heavy atom. The molecule has 1 aliphatic rings. The van der Waals surface area contributed by atoms with E-state index in [2.05, 4.69) is 27.6 Å². The molecule has 0 atom stereocenters. The third-order valence-electron chi connectivity index (χ3n) is 3.59. The summed E-state index contributed by atoms with van der Waals surface area (Å²) in [5.41, 5.74) is 0.955. The largest absolute Gasteiger partial charge is 0.301 e. The maximum absolute atomic E-state index is 13.5. The maximum atomic E-state index is 13.5. The first-order valence-corrected chi connectivity index (χ1v) is 8.76. The van der Waals surface area contributed by atoms with E-state index in [0.717, 1.165) is 12.8 Å². The fourth-order valence-corrected chi connectivity index (χ4v) is 3.96. The average molecular weight is 365 g/mol. The number of hydrogen-bond acceptors (Lipinski definition) is 2. The van der Waals surface area contributed by atoms with Crippen molar-refractivity contribution in [2.45, 2.75) is 26.7 Å². The molecule has 0 radical (unpaired) electrons. The van der Waals surface area contributed by atoms with E-state index >= 15 is 0 Å². The number of piperidine rings is 1. The van der Waals surface area contributed by atoms with Crippen molar-refractivity contribution in [3.8, 4) is 0 Å². The van der Waals surface area contributed by atoms with Crippen molar-refractivity contribution in [3.05, 3.63) is 28.0 Å². The van der Waals surface area contributed by atoms with Gasteiger partial charge in [-0.25, -0.2) is 4.39 Å². The Labute approximate surface area is 127 Å². The molecule has 1 saturated heterocycles. The second-order valence-corrected chi connectivity index (χ2v) is 7.79. The number of aryl methyl sites for hydroxylation is 1. The molecule has 0 bridgehead atoms. The summed E-state index contributed by atoms with van der Waals surface area (Å²) < 4.78 is 42.3. The number of anilines is 1. The molecule has 20 heavy (non-hydrogen) atoms. The van der Waals surface area contributed by atoms with Crippen LogP contribution in [0.1, 0.15) is 25.3 Å². The highest BCUT2D eigenvalue weighted by molar-refractivity contribution is 9.10. The number of rotatable bonds is 3. The summed E-state index contributed by atoms with van der Waals surface area (Å²) in [6.45, 7) is 4.87. The quantitative estimate of drug-likeness (QED) is 0.894. The lowest BCUT2D eigenvalue weighted by atomic mass is 10.0. The Balaban J connectivity index is 2.18. The SMILES string of the molecule is Cc1cc(Br)c(F)cc1NS(=O)(=O)N1CCC(C)CC1. The van der Waals surface area contributed by atoms with Gasteiger partial charge in [-0.1, -0.05) is 6.92 Å². The molecule has 1 aliphatic heterocycles. The van der Waals surface area contributed by atoms with Gasteiger partial charge in [-0.3, -0.25) is 4.72 Å². The minimum atomic E-state index is -3.61. The molecular formula is C13H18BrFN2O2S. The van der Waals surface area contributed by atoms with Crippen LogP contribution in [0.5, 0.6) is 0 Å². The topological polar surface area (TPSA) is 49.4 Å². The predicted octanol–water partition coefficient (Wildman–Crippen LogP) is 3.29. The first-order chi connectivity index (χ1) is 9.29. The fourth-order valence-electron chi connectivity index (χ4n) is 2.18. The van der Waals surface area contributed by atoms with Gasteiger partial charge in [0.15, 0.2) is 0 Å². The highest BCUT2D eigenvalue weighted by atomic mass is 79.9. The van der Waals surface area contributed by atoms with Crippen LogP contribution in [-0.4, -0.2) is 25.8 Å². The summed E-state index contributed by atoms with van der Waals surface area (Å²) in [7, 11) is -3.61. The van der Waals surface area contributed by atoms with Crippen LogP contribution in [0.2, 0.25) is 0 Å². The smallest absolute Gasteiger partial charge is 0.271 e.